The molecule has 0 saturated heterocycles. The predicted molar refractivity (Wildman–Crippen MR) is 83.1 cm³/mol. The molecule has 1 aromatic rings. The molecule has 0 fully saturated rings. The third kappa shape index (κ3) is 3.75. The number of fused-ring (bicyclic) bond motifs is 1. The van der Waals surface area contributed by atoms with Crippen LogP contribution in [0.3, 0.4) is 0 Å². The second kappa shape index (κ2) is 6.78. The van der Waals surface area contributed by atoms with E-state index in [-0.39, 0.29) is 12.5 Å². The average Bonchev–Trinajstić information content (AvgIpc) is 2.46. The third-order valence-electron chi connectivity index (χ3n) is 3.38. The fraction of sp³-hybridized carbons (Fsp3) is 0.333. The predicted octanol–water partition coefficient (Wildman–Crippen LogP) is 1.03. The number of carbonyl (C=O) groups is 2. The Hall–Kier alpha value is -2.50. The second-order valence-corrected chi connectivity index (χ2v) is 4.92. The number of amides is 3. The number of nitrogens with one attached hydrogen (secondary N) is 2. The van der Waals surface area contributed by atoms with Gasteiger partial charge in [-0.1, -0.05) is 12.1 Å². The van der Waals surface area contributed by atoms with Crippen LogP contribution in [0.5, 0.6) is 0 Å². The minimum atomic E-state index is -0.510. The Morgan fingerprint density at radius 2 is 2.24 bits per heavy atom. The molecule has 4 N–H and O–H groups in total. The van der Waals surface area contributed by atoms with Gasteiger partial charge in [-0.3, -0.25) is 10.1 Å². The number of imide groups is 1. The first-order valence-electron chi connectivity index (χ1n) is 6.92. The maximum absolute atomic E-state index is 11.9. The van der Waals surface area contributed by atoms with E-state index in [1.165, 1.54) is 0 Å². The van der Waals surface area contributed by atoms with Gasteiger partial charge in [0.25, 0.3) is 0 Å². The molecule has 2 rings (SSSR count). The van der Waals surface area contributed by atoms with Gasteiger partial charge in [0.2, 0.25) is 5.91 Å². The molecule has 0 bridgehead atoms. The quantitative estimate of drug-likeness (QED) is 0.570. The van der Waals surface area contributed by atoms with Crippen LogP contribution in [0.15, 0.2) is 30.9 Å². The van der Waals surface area contributed by atoms with Crippen molar-refractivity contribution in [3.8, 4) is 0 Å². The highest BCUT2D eigenvalue weighted by molar-refractivity contribution is 5.96. The van der Waals surface area contributed by atoms with E-state index in [0.717, 1.165) is 36.3 Å². The lowest BCUT2D eigenvalue weighted by molar-refractivity contribution is -0.118. The van der Waals surface area contributed by atoms with Crippen LogP contribution in [0, 0.1) is 0 Å². The van der Waals surface area contributed by atoms with Crippen molar-refractivity contribution in [2.24, 2.45) is 0 Å². The van der Waals surface area contributed by atoms with Crippen LogP contribution in [0.25, 0.3) is 0 Å². The number of carbonyl (C=O) groups excluding carboxylic acids is 2. The minimum Gasteiger partial charge on any atom is -0.398 e. The van der Waals surface area contributed by atoms with Crippen molar-refractivity contribution in [3.05, 3.63) is 36.4 Å². The second-order valence-electron chi connectivity index (χ2n) is 4.92. The smallest absolute Gasteiger partial charge is 0.321 e. The summed E-state index contributed by atoms with van der Waals surface area (Å²) in [4.78, 5) is 25.3. The van der Waals surface area contributed by atoms with Gasteiger partial charge in [0.15, 0.2) is 0 Å². The molecular formula is C15H20N4O2. The molecule has 0 radical (unpaired) electrons. The Labute approximate surface area is 124 Å². The van der Waals surface area contributed by atoms with Gasteiger partial charge in [-0.2, -0.15) is 0 Å². The van der Waals surface area contributed by atoms with E-state index in [4.69, 9.17) is 5.73 Å². The van der Waals surface area contributed by atoms with Crippen LogP contribution in [-0.4, -0.2) is 31.6 Å². The standard InChI is InChI=1S/C15H20N4O2/c1-2-8-17-15(21)18-14(20)10-19-9-4-5-11-12(16)6-3-7-13(11)19/h2-3,6-7H,1,4-5,8-10,16H2,(H2,17,18,20,21). The molecule has 1 heterocycles. The molecule has 112 valence electrons. The highest BCUT2D eigenvalue weighted by atomic mass is 16.2. The molecule has 6 heteroatoms. The summed E-state index contributed by atoms with van der Waals surface area (Å²) in [6.45, 7) is 4.73. The summed E-state index contributed by atoms with van der Waals surface area (Å²) < 4.78 is 0. The Morgan fingerprint density at radius 3 is 3.00 bits per heavy atom. The molecule has 1 aliphatic rings. The van der Waals surface area contributed by atoms with Crippen LogP contribution in [0.2, 0.25) is 0 Å². The van der Waals surface area contributed by atoms with E-state index in [9.17, 15) is 9.59 Å². The zero-order valence-electron chi connectivity index (χ0n) is 11.9. The summed E-state index contributed by atoms with van der Waals surface area (Å²) in [5, 5.41) is 4.80. The number of hydrogen-bond acceptors (Lipinski definition) is 4. The van der Waals surface area contributed by atoms with Gasteiger partial charge >= 0.3 is 6.03 Å². The normalized spacial score (nSPS) is 13.2. The van der Waals surface area contributed by atoms with Gasteiger partial charge in [0.1, 0.15) is 0 Å². The molecule has 0 spiro atoms. The summed E-state index contributed by atoms with van der Waals surface area (Å²) >= 11 is 0. The molecule has 1 aliphatic heterocycles. The van der Waals surface area contributed by atoms with Gasteiger partial charge in [-0.25, -0.2) is 4.79 Å². The highest BCUT2D eigenvalue weighted by Gasteiger charge is 2.21. The van der Waals surface area contributed by atoms with E-state index >= 15 is 0 Å². The number of urea groups is 1. The Bertz CT molecular complexity index is 557. The van der Waals surface area contributed by atoms with Crippen molar-refractivity contribution >= 4 is 23.3 Å². The van der Waals surface area contributed by atoms with Crippen LogP contribution in [0.1, 0.15) is 12.0 Å². The van der Waals surface area contributed by atoms with Crippen molar-refractivity contribution < 1.29 is 9.59 Å². The molecule has 0 saturated carbocycles. The number of anilines is 2. The number of nitrogen functional groups attached to an aromatic ring is 1. The van der Waals surface area contributed by atoms with Gasteiger partial charge in [-0.15, -0.1) is 6.58 Å². The molecule has 1 aromatic carbocycles. The lowest BCUT2D eigenvalue weighted by Gasteiger charge is -2.31. The third-order valence-corrected chi connectivity index (χ3v) is 3.38. The number of nitrogens with two attached hydrogens (primary N) is 1. The topological polar surface area (TPSA) is 87.5 Å². The van der Waals surface area contributed by atoms with Crippen LogP contribution >= 0.6 is 0 Å². The number of benzene rings is 1. The van der Waals surface area contributed by atoms with Crippen molar-refractivity contribution in [2.75, 3.05) is 30.3 Å². The van der Waals surface area contributed by atoms with E-state index in [1.54, 1.807) is 6.08 Å². The molecule has 21 heavy (non-hydrogen) atoms. The van der Waals surface area contributed by atoms with Crippen molar-refractivity contribution in [3.63, 3.8) is 0 Å². The first-order chi connectivity index (χ1) is 10.1. The van der Waals surface area contributed by atoms with Crippen molar-refractivity contribution in [1.29, 1.82) is 0 Å². The molecule has 6 nitrogen and oxygen atoms in total. The SMILES string of the molecule is C=CCNC(=O)NC(=O)CN1CCCc2c(N)cccc21. The molecule has 3 amide bonds. The largest absolute Gasteiger partial charge is 0.398 e. The Morgan fingerprint density at radius 1 is 1.43 bits per heavy atom. The first-order valence-corrected chi connectivity index (χ1v) is 6.92. The van der Waals surface area contributed by atoms with E-state index in [1.807, 2.05) is 23.1 Å². The summed E-state index contributed by atoms with van der Waals surface area (Å²) in [7, 11) is 0. The summed E-state index contributed by atoms with van der Waals surface area (Å²) in [5.74, 6) is -0.341. The summed E-state index contributed by atoms with van der Waals surface area (Å²) in [6.07, 6.45) is 3.41. The van der Waals surface area contributed by atoms with E-state index in [0.29, 0.717) is 6.54 Å². The lowest BCUT2D eigenvalue weighted by atomic mass is 10.00. The zero-order chi connectivity index (χ0) is 15.2. The Balaban J connectivity index is 1.98. The van der Waals surface area contributed by atoms with Gasteiger partial charge in [-0.05, 0) is 30.5 Å². The summed E-state index contributed by atoms with van der Waals surface area (Å²) in [5.41, 5.74) is 8.77. The Kier molecular flexibility index (Phi) is 4.81. The average molecular weight is 288 g/mol. The zero-order valence-corrected chi connectivity index (χ0v) is 11.9. The van der Waals surface area contributed by atoms with Crippen LogP contribution in [0.4, 0.5) is 16.2 Å². The van der Waals surface area contributed by atoms with Crippen LogP contribution < -0.4 is 21.3 Å². The number of rotatable bonds is 4. The van der Waals surface area contributed by atoms with Crippen molar-refractivity contribution in [1.82, 2.24) is 10.6 Å². The fourth-order valence-electron chi connectivity index (χ4n) is 2.44. The van der Waals surface area contributed by atoms with E-state index in [2.05, 4.69) is 17.2 Å². The van der Waals surface area contributed by atoms with Gasteiger partial charge in [0, 0.05) is 24.5 Å². The molecule has 0 aliphatic carbocycles. The maximum atomic E-state index is 11.9. The molecular weight excluding hydrogens is 268 g/mol. The minimum absolute atomic E-state index is 0.137. The van der Waals surface area contributed by atoms with Gasteiger partial charge in [0.05, 0.1) is 6.54 Å². The highest BCUT2D eigenvalue weighted by Crippen LogP contribution is 2.30. The number of nitrogens with zero attached hydrogens (tertiary/aromatic N) is 1. The first kappa shape index (κ1) is 14.9. The monoisotopic (exact) mass is 288 g/mol. The maximum Gasteiger partial charge on any atom is 0.321 e. The fourth-order valence-corrected chi connectivity index (χ4v) is 2.44. The molecule has 0 aromatic heterocycles. The number of hydrogen-bond donors (Lipinski definition) is 3. The van der Waals surface area contributed by atoms with Crippen LogP contribution in [-0.2, 0) is 11.2 Å². The molecule has 0 unspecified atom stereocenters. The van der Waals surface area contributed by atoms with Gasteiger partial charge < -0.3 is 16.0 Å². The summed E-state index contributed by atoms with van der Waals surface area (Å²) in [6, 6.07) is 5.19. The van der Waals surface area contributed by atoms with Crippen molar-refractivity contribution in [2.45, 2.75) is 12.8 Å². The van der Waals surface area contributed by atoms with E-state index < -0.39 is 6.03 Å². The molecule has 0 atom stereocenters. The lowest BCUT2D eigenvalue weighted by Crippen LogP contribution is -2.45.